The highest BCUT2D eigenvalue weighted by Gasteiger charge is 2.38. The van der Waals surface area contributed by atoms with Gasteiger partial charge in [-0.2, -0.15) is 0 Å². The molecule has 2 heterocycles. The SMILES string of the molecule is C[C@H]1CCC/C=C/[C@@H]2C[C@H](O)C[C@H]2[C@H](OC(=O)/C=C/c2cncc3ccccc23)/C=C/C(=O)O1. The molecular formula is C28H31NO5. The summed E-state index contributed by atoms with van der Waals surface area (Å²) < 4.78 is 11.2. The highest BCUT2D eigenvalue weighted by Crippen LogP contribution is 2.37. The lowest BCUT2D eigenvalue weighted by Crippen LogP contribution is -2.27. The van der Waals surface area contributed by atoms with E-state index in [9.17, 15) is 14.7 Å². The molecule has 5 atom stereocenters. The molecule has 0 bridgehead atoms. The third kappa shape index (κ3) is 6.20. The summed E-state index contributed by atoms with van der Waals surface area (Å²) in [5.41, 5.74) is 0.815. The van der Waals surface area contributed by atoms with E-state index in [4.69, 9.17) is 9.47 Å². The fourth-order valence-corrected chi connectivity index (χ4v) is 4.81. The van der Waals surface area contributed by atoms with Crippen LogP contribution >= 0.6 is 0 Å². The van der Waals surface area contributed by atoms with Gasteiger partial charge in [-0.05, 0) is 62.5 Å². The molecular weight excluding hydrogens is 430 g/mol. The summed E-state index contributed by atoms with van der Waals surface area (Å²) >= 11 is 0. The number of hydrogen-bond acceptors (Lipinski definition) is 6. The van der Waals surface area contributed by atoms with Gasteiger partial charge in [0.1, 0.15) is 6.10 Å². The van der Waals surface area contributed by atoms with Crippen molar-refractivity contribution in [3.8, 4) is 0 Å². The second-order valence-corrected chi connectivity index (χ2v) is 9.10. The third-order valence-electron chi connectivity index (χ3n) is 6.51. The average Bonchev–Trinajstić information content (AvgIpc) is 3.19. The van der Waals surface area contributed by atoms with Crippen LogP contribution in [0.1, 0.15) is 44.6 Å². The van der Waals surface area contributed by atoms with E-state index in [0.717, 1.165) is 35.6 Å². The Morgan fingerprint density at radius 2 is 2.06 bits per heavy atom. The summed E-state index contributed by atoms with van der Waals surface area (Å²) in [6, 6.07) is 7.82. The summed E-state index contributed by atoms with van der Waals surface area (Å²) in [4.78, 5) is 29.3. The van der Waals surface area contributed by atoms with Crippen molar-refractivity contribution in [1.29, 1.82) is 0 Å². The van der Waals surface area contributed by atoms with Crippen LogP contribution in [0.5, 0.6) is 0 Å². The van der Waals surface area contributed by atoms with Gasteiger partial charge in [-0.1, -0.05) is 36.4 Å². The van der Waals surface area contributed by atoms with Crippen molar-refractivity contribution in [2.24, 2.45) is 11.8 Å². The molecule has 1 aliphatic heterocycles. The Morgan fingerprint density at radius 3 is 2.94 bits per heavy atom. The summed E-state index contributed by atoms with van der Waals surface area (Å²) in [6.45, 7) is 1.88. The summed E-state index contributed by atoms with van der Waals surface area (Å²) in [7, 11) is 0. The van der Waals surface area contributed by atoms with Crippen LogP contribution in [0.3, 0.4) is 0 Å². The van der Waals surface area contributed by atoms with Gasteiger partial charge < -0.3 is 14.6 Å². The van der Waals surface area contributed by atoms with Gasteiger partial charge in [-0.3, -0.25) is 4.98 Å². The molecule has 1 aliphatic carbocycles. The van der Waals surface area contributed by atoms with Gasteiger partial charge in [0.05, 0.1) is 12.2 Å². The highest BCUT2D eigenvalue weighted by molar-refractivity contribution is 5.94. The van der Waals surface area contributed by atoms with E-state index in [2.05, 4.69) is 17.1 Å². The van der Waals surface area contributed by atoms with E-state index in [0.29, 0.717) is 12.8 Å². The largest absolute Gasteiger partial charge is 0.460 e. The highest BCUT2D eigenvalue weighted by atomic mass is 16.5. The van der Waals surface area contributed by atoms with Gasteiger partial charge in [-0.25, -0.2) is 9.59 Å². The Balaban J connectivity index is 1.54. The lowest BCUT2D eigenvalue weighted by Gasteiger charge is -2.24. The zero-order chi connectivity index (χ0) is 23.9. The van der Waals surface area contributed by atoms with Crippen molar-refractivity contribution in [2.45, 2.75) is 57.3 Å². The molecule has 1 N–H and O–H groups in total. The molecule has 34 heavy (non-hydrogen) atoms. The summed E-state index contributed by atoms with van der Waals surface area (Å²) in [6.07, 6.45) is 16.1. The molecule has 1 aromatic heterocycles. The number of fused-ring (bicyclic) bond motifs is 2. The number of carbonyl (C=O) groups excluding carboxylic acids is 2. The Labute approximate surface area is 200 Å². The van der Waals surface area contributed by atoms with Crippen LogP contribution in [0.15, 0.2) is 67.0 Å². The number of allylic oxidation sites excluding steroid dienone is 2. The Bertz CT molecular complexity index is 1100. The number of benzene rings is 1. The normalized spacial score (nSPS) is 29.9. The van der Waals surface area contributed by atoms with Crippen molar-refractivity contribution >= 4 is 28.8 Å². The number of aliphatic hydroxyl groups is 1. The molecule has 1 aromatic carbocycles. The predicted octanol–water partition coefficient (Wildman–Crippen LogP) is 4.77. The van der Waals surface area contributed by atoms with Crippen molar-refractivity contribution in [3.63, 3.8) is 0 Å². The fraction of sp³-hybridized carbons (Fsp3) is 0.393. The minimum atomic E-state index is -0.654. The van der Waals surface area contributed by atoms with Crippen LogP contribution in [0.2, 0.25) is 0 Å². The number of carbonyl (C=O) groups is 2. The fourth-order valence-electron chi connectivity index (χ4n) is 4.81. The van der Waals surface area contributed by atoms with Crippen LogP contribution in [-0.2, 0) is 19.1 Å². The topological polar surface area (TPSA) is 85.7 Å². The van der Waals surface area contributed by atoms with Crippen molar-refractivity contribution in [3.05, 3.63) is 72.6 Å². The Morgan fingerprint density at radius 1 is 1.21 bits per heavy atom. The molecule has 6 nitrogen and oxygen atoms in total. The van der Waals surface area contributed by atoms with Gasteiger partial charge in [0.2, 0.25) is 0 Å². The van der Waals surface area contributed by atoms with Gasteiger partial charge in [0, 0.05) is 41.4 Å². The maximum absolute atomic E-state index is 12.8. The molecule has 178 valence electrons. The molecule has 1 fully saturated rings. The number of rotatable bonds is 3. The minimum Gasteiger partial charge on any atom is -0.460 e. The quantitative estimate of drug-likeness (QED) is 0.402. The van der Waals surface area contributed by atoms with E-state index in [1.807, 2.05) is 31.2 Å². The molecule has 0 radical (unpaired) electrons. The molecule has 1 saturated carbocycles. The van der Waals surface area contributed by atoms with Crippen molar-refractivity contribution < 1.29 is 24.2 Å². The van der Waals surface area contributed by atoms with E-state index in [1.165, 1.54) is 12.2 Å². The first-order valence-corrected chi connectivity index (χ1v) is 11.9. The first-order chi connectivity index (χ1) is 16.5. The van der Waals surface area contributed by atoms with Gasteiger partial charge in [0.25, 0.3) is 0 Å². The van der Waals surface area contributed by atoms with Crippen LogP contribution < -0.4 is 0 Å². The number of aromatic nitrogens is 1. The Hall–Kier alpha value is -3.25. The van der Waals surface area contributed by atoms with Crippen LogP contribution in [0.4, 0.5) is 0 Å². The number of aliphatic hydroxyl groups excluding tert-OH is 1. The number of cyclic esters (lactones) is 1. The number of pyridine rings is 1. The number of ether oxygens (including phenoxy) is 2. The zero-order valence-electron chi connectivity index (χ0n) is 19.4. The van der Waals surface area contributed by atoms with E-state index in [1.54, 1.807) is 24.5 Å². The summed E-state index contributed by atoms with van der Waals surface area (Å²) in [5, 5.41) is 12.3. The minimum absolute atomic E-state index is 0.0675. The second kappa shape index (κ2) is 11.3. The van der Waals surface area contributed by atoms with Gasteiger partial charge >= 0.3 is 11.9 Å². The first kappa shape index (κ1) is 23.9. The van der Waals surface area contributed by atoms with Gasteiger partial charge in [0.15, 0.2) is 0 Å². The third-order valence-corrected chi connectivity index (χ3v) is 6.51. The molecule has 2 aromatic rings. The number of nitrogens with zero attached hydrogens (tertiary/aromatic N) is 1. The predicted molar refractivity (Wildman–Crippen MR) is 131 cm³/mol. The van der Waals surface area contributed by atoms with Crippen molar-refractivity contribution in [1.82, 2.24) is 4.98 Å². The zero-order valence-corrected chi connectivity index (χ0v) is 19.4. The lowest BCUT2D eigenvalue weighted by atomic mass is 9.89. The first-order valence-electron chi connectivity index (χ1n) is 11.9. The maximum Gasteiger partial charge on any atom is 0.331 e. The molecule has 4 rings (SSSR count). The average molecular weight is 462 g/mol. The molecule has 0 spiro atoms. The summed E-state index contributed by atoms with van der Waals surface area (Å²) in [5.74, 6) is -1.02. The van der Waals surface area contributed by atoms with Crippen LogP contribution in [0, 0.1) is 11.8 Å². The molecule has 0 unspecified atom stereocenters. The molecule has 0 amide bonds. The smallest absolute Gasteiger partial charge is 0.331 e. The number of esters is 2. The van der Waals surface area contributed by atoms with Crippen LogP contribution in [-0.4, -0.2) is 40.3 Å². The van der Waals surface area contributed by atoms with Gasteiger partial charge in [-0.15, -0.1) is 0 Å². The Kier molecular flexibility index (Phi) is 7.91. The molecule has 0 saturated heterocycles. The molecule has 2 aliphatic rings. The van der Waals surface area contributed by atoms with E-state index >= 15 is 0 Å². The second-order valence-electron chi connectivity index (χ2n) is 9.10. The van der Waals surface area contributed by atoms with E-state index in [-0.39, 0.29) is 17.9 Å². The monoisotopic (exact) mass is 461 g/mol. The molecule has 6 heteroatoms. The van der Waals surface area contributed by atoms with Crippen molar-refractivity contribution in [2.75, 3.05) is 0 Å². The van der Waals surface area contributed by atoms with Crippen LogP contribution in [0.25, 0.3) is 16.8 Å². The standard InChI is InChI=1S/C28H31NO5/c1-19-7-3-2-4-8-20-15-23(30)16-25(20)26(12-14-27(31)33-19)34-28(32)13-11-22-18-29-17-21-9-5-6-10-24(21)22/h4-6,8-14,17-20,23,25-26,30H,2-3,7,15-16H2,1H3/b8-4+,13-11+,14-12+/t19-,20+,23-,25+,26+/m0/s1. The van der Waals surface area contributed by atoms with E-state index < -0.39 is 24.1 Å². The number of hydrogen-bond donors (Lipinski definition) is 1. The maximum atomic E-state index is 12.8. The lowest BCUT2D eigenvalue weighted by molar-refractivity contribution is -0.145.